The van der Waals surface area contributed by atoms with E-state index >= 15 is 0 Å². The smallest absolute Gasteiger partial charge is 0.265 e. The second-order valence-electron chi connectivity index (χ2n) is 8.58. The summed E-state index contributed by atoms with van der Waals surface area (Å²) in [6.45, 7) is 1.03. The molecule has 0 heterocycles. The molecule has 5 nitrogen and oxygen atoms in total. The van der Waals surface area contributed by atoms with Gasteiger partial charge in [0.25, 0.3) is 3.79 Å². The monoisotopic (exact) mass is 559 g/mol. The van der Waals surface area contributed by atoms with E-state index in [1.807, 2.05) is 97.1 Å². The average molecular weight is 561 g/mol. The maximum absolute atomic E-state index is 8.13. The summed E-state index contributed by atoms with van der Waals surface area (Å²) in [5, 5.41) is 8.13. The fourth-order valence-electron chi connectivity index (χ4n) is 3.95. The Hall–Kier alpha value is -2.38. The lowest BCUT2D eigenvalue weighted by molar-refractivity contribution is -0.165. The summed E-state index contributed by atoms with van der Waals surface area (Å²) in [5.41, 5.74) is 3.03. The van der Waals surface area contributed by atoms with Crippen molar-refractivity contribution in [2.45, 2.75) is 48.0 Å². The van der Waals surface area contributed by atoms with E-state index in [0.717, 1.165) is 16.7 Å². The summed E-state index contributed by atoms with van der Waals surface area (Å²) < 4.78 is 22.9. The van der Waals surface area contributed by atoms with Gasteiger partial charge in [0.2, 0.25) is 5.90 Å². The molecule has 0 aliphatic heterocycles. The molecule has 3 aromatic rings. The lowest BCUT2D eigenvalue weighted by Gasteiger charge is -2.39. The van der Waals surface area contributed by atoms with Gasteiger partial charge in [-0.15, -0.1) is 0 Å². The Morgan fingerprint density at radius 1 is 0.595 bits per heavy atom. The molecule has 0 amide bonds. The van der Waals surface area contributed by atoms with Gasteiger partial charge >= 0.3 is 0 Å². The highest BCUT2D eigenvalue weighted by Gasteiger charge is 2.42. The molecule has 0 saturated heterocycles. The van der Waals surface area contributed by atoms with E-state index in [9.17, 15) is 0 Å². The average Bonchev–Trinajstić information content (AvgIpc) is 2.91. The number of alkyl halides is 3. The number of rotatable bonds is 10. The van der Waals surface area contributed by atoms with Crippen molar-refractivity contribution in [1.29, 1.82) is 5.41 Å². The van der Waals surface area contributed by atoms with E-state index in [2.05, 4.69) is 0 Å². The molecule has 0 radical (unpaired) electrons. The van der Waals surface area contributed by atoms with Crippen LogP contribution in [-0.4, -0.2) is 34.1 Å². The van der Waals surface area contributed by atoms with Crippen LogP contribution in [0.25, 0.3) is 0 Å². The molecule has 1 aliphatic rings. The van der Waals surface area contributed by atoms with Crippen LogP contribution in [-0.2, 0) is 38.8 Å². The minimum atomic E-state index is -2.00. The summed E-state index contributed by atoms with van der Waals surface area (Å²) in [7, 11) is 0. The van der Waals surface area contributed by atoms with Crippen LogP contribution in [0.5, 0.6) is 0 Å². The fraction of sp³-hybridized carbons (Fsp3) is 0.276. The Morgan fingerprint density at radius 3 is 1.41 bits per heavy atom. The standard InChI is InChI=1S/C29H28Cl3NO4/c30-29(31,32)28(33)37-25-17-16-24(34-18-21-10-4-1-5-11-21)26(35-19-22-12-6-2-7-13-22)27(25)36-20-23-14-8-3-9-15-23/h1-17,24-27,33H,18-20H2/t24-,25-,26+,27+/m0/s1. The Bertz CT molecular complexity index is 1140. The molecule has 1 aliphatic carbocycles. The molecular formula is C29H28Cl3NO4. The van der Waals surface area contributed by atoms with E-state index in [-0.39, 0.29) is 0 Å². The predicted octanol–water partition coefficient (Wildman–Crippen LogP) is 7.05. The second kappa shape index (κ2) is 13.4. The Balaban J connectivity index is 1.59. The first-order valence-electron chi connectivity index (χ1n) is 11.9. The summed E-state index contributed by atoms with van der Waals surface area (Å²) in [4.78, 5) is 0. The molecule has 1 N–H and O–H groups in total. The largest absolute Gasteiger partial charge is 0.468 e. The zero-order valence-corrected chi connectivity index (χ0v) is 22.3. The van der Waals surface area contributed by atoms with Gasteiger partial charge in [-0.25, -0.2) is 0 Å². The maximum atomic E-state index is 8.13. The normalized spacial score (nSPS) is 21.5. The van der Waals surface area contributed by atoms with Crippen LogP contribution in [0.1, 0.15) is 16.7 Å². The van der Waals surface area contributed by atoms with Crippen molar-refractivity contribution in [2.75, 3.05) is 0 Å². The first-order valence-corrected chi connectivity index (χ1v) is 13.0. The molecule has 0 fully saturated rings. The lowest BCUT2D eigenvalue weighted by Crippen LogP contribution is -2.52. The van der Waals surface area contributed by atoms with Crippen LogP contribution in [0, 0.1) is 5.41 Å². The number of nitrogens with one attached hydrogen (secondary N) is 1. The third kappa shape index (κ3) is 8.30. The Morgan fingerprint density at radius 2 is 0.973 bits per heavy atom. The van der Waals surface area contributed by atoms with Crippen LogP contribution in [0.15, 0.2) is 103 Å². The summed E-state index contributed by atoms with van der Waals surface area (Å²) in [6.07, 6.45) is 1.25. The van der Waals surface area contributed by atoms with E-state index in [4.69, 9.17) is 59.2 Å². The summed E-state index contributed by atoms with van der Waals surface area (Å²) in [5.74, 6) is -0.495. The maximum Gasteiger partial charge on any atom is 0.265 e. The third-order valence-corrected chi connectivity index (χ3v) is 6.34. The molecule has 0 bridgehead atoms. The van der Waals surface area contributed by atoms with Crippen molar-refractivity contribution in [2.24, 2.45) is 0 Å². The van der Waals surface area contributed by atoms with Crippen LogP contribution in [0.2, 0.25) is 0 Å². The Kier molecular flexibility index (Phi) is 10.0. The van der Waals surface area contributed by atoms with Crippen molar-refractivity contribution < 1.29 is 18.9 Å². The van der Waals surface area contributed by atoms with Crippen LogP contribution >= 0.6 is 34.8 Å². The minimum Gasteiger partial charge on any atom is -0.468 e. The molecule has 4 atom stereocenters. The molecular weight excluding hydrogens is 533 g/mol. The van der Waals surface area contributed by atoms with Crippen molar-refractivity contribution in [3.63, 3.8) is 0 Å². The first kappa shape index (κ1) is 27.6. The van der Waals surface area contributed by atoms with Gasteiger partial charge in [-0.2, -0.15) is 0 Å². The fourth-order valence-corrected chi connectivity index (χ4v) is 4.08. The summed E-state index contributed by atoms with van der Waals surface area (Å²) in [6, 6.07) is 29.5. The second-order valence-corrected chi connectivity index (χ2v) is 10.9. The van der Waals surface area contributed by atoms with Gasteiger partial charge in [-0.1, -0.05) is 132 Å². The van der Waals surface area contributed by atoms with Crippen molar-refractivity contribution in [1.82, 2.24) is 0 Å². The molecule has 0 aromatic heterocycles. The topological polar surface area (TPSA) is 60.8 Å². The van der Waals surface area contributed by atoms with Crippen molar-refractivity contribution in [3.05, 3.63) is 120 Å². The van der Waals surface area contributed by atoms with E-state index in [1.54, 1.807) is 6.08 Å². The van der Waals surface area contributed by atoms with E-state index < -0.39 is 34.1 Å². The van der Waals surface area contributed by atoms with Gasteiger partial charge in [-0.05, 0) is 22.8 Å². The number of hydrogen-bond acceptors (Lipinski definition) is 5. The lowest BCUT2D eigenvalue weighted by atomic mass is 9.95. The zero-order valence-electron chi connectivity index (χ0n) is 20.0. The molecule has 8 heteroatoms. The molecule has 0 spiro atoms. The van der Waals surface area contributed by atoms with Crippen molar-refractivity contribution >= 4 is 40.7 Å². The van der Waals surface area contributed by atoms with Crippen LogP contribution < -0.4 is 0 Å². The van der Waals surface area contributed by atoms with E-state index in [1.165, 1.54) is 0 Å². The number of halogens is 3. The molecule has 3 aromatic carbocycles. The SMILES string of the molecule is N=C(O[C@H]1C=C[C@H](OCc2ccccc2)[C@@H](OCc2ccccc2)[C@@H]1OCc1ccccc1)C(Cl)(Cl)Cl. The number of hydrogen-bond donors (Lipinski definition) is 1. The van der Waals surface area contributed by atoms with E-state index in [0.29, 0.717) is 19.8 Å². The van der Waals surface area contributed by atoms with Gasteiger partial charge in [0, 0.05) is 0 Å². The first-order chi connectivity index (χ1) is 17.9. The summed E-state index contributed by atoms with van der Waals surface area (Å²) >= 11 is 17.7. The van der Waals surface area contributed by atoms with Gasteiger partial charge in [-0.3, -0.25) is 5.41 Å². The minimum absolute atomic E-state index is 0.302. The Labute approximate surface area is 232 Å². The van der Waals surface area contributed by atoms with Gasteiger partial charge in [0.1, 0.15) is 24.4 Å². The van der Waals surface area contributed by atoms with Gasteiger partial charge in [0.15, 0.2) is 0 Å². The highest BCUT2D eigenvalue weighted by Crippen LogP contribution is 2.32. The van der Waals surface area contributed by atoms with Crippen LogP contribution in [0.4, 0.5) is 0 Å². The van der Waals surface area contributed by atoms with Gasteiger partial charge < -0.3 is 18.9 Å². The third-order valence-electron chi connectivity index (χ3n) is 5.83. The molecule has 37 heavy (non-hydrogen) atoms. The quantitative estimate of drug-likeness (QED) is 0.125. The number of benzene rings is 3. The molecule has 0 saturated carbocycles. The molecule has 0 unspecified atom stereocenters. The highest BCUT2D eigenvalue weighted by molar-refractivity contribution is 6.76. The number of ether oxygens (including phenoxy) is 4. The van der Waals surface area contributed by atoms with Crippen molar-refractivity contribution in [3.8, 4) is 0 Å². The predicted molar refractivity (Wildman–Crippen MR) is 147 cm³/mol. The van der Waals surface area contributed by atoms with Gasteiger partial charge in [0.05, 0.1) is 19.8 Å². The molecule has 4 rings (SSSR count). The molecule has 194 valence electrons. The zero-order chi connectivity index (χ0) is 26.1. The highest BCUT2D eigenvalue weighted by atomic mass is 35.6. The van der Waals surface area contributed by atoms with Crippen LogP contribution in [0.3, 0.4) is 0 Å².